The van der Waals surface area contributed by atoms with Gasteiger partial charge in [0.1, 0.15) is 23.7 Å². The lowest BCUT2D eigenvalue weighted by Crippen LogP contribution is -2.54. The second kappa shape index (κ2) is 16.3. The van der Waals surface area contributed by atoms with Gasteiger partial charge in [-0.25, -0.2) is 24.5 Å². The van der Waals surface area contributed by atoms with Crippen LogP contribution < -0.4 is 10.6 Å². The highest BCUT2D eigenvalue weighted by Gasteiger charge is 2.86. The first-order valence-corrected chi connectivity index (χ1v) is 24.6. The molecule has 3 aromatic carbocycles. The number of likely N-dealkylation sites (tertiary alicyclic amines) is 1. The highest BCUT2D eigenvalue weighted by atomic mass is 16.5. The number of carbonyl (C=O) groups is 4. The van der Waals surface area contributed by atoms with Crippen molar-refractivity contribution in [2.45, 2.75) is 75.3 Å². The smallest absolute Gasteiger partial charge is 0.407 e. The minimum atomic E-state index is -0.695. The van der Waals surface area contributed by atoms with Crippen molar-refractivity contribution in [2.24, 2.45) is 41.4 Å². The number of fused-ring (bicyclic) bond motifs is 5. The molecule has 2 bridgehead atoms. The molecule has 11 atom stereocenters. The van der Waals surface area contributed by atoms with Crippen LogP contribution in [-0.2, 0) is 28.5 Å². The molecule has 4 amide bonds. The second-order valence-electron chi connectivity index (χ2n) is 20.4. The minimum absolute atomic E-state index is 0.0238. The van der Waals surface area contributed by atoms with Gasteiger partial charge in [-0.15, -0.1) is 0 Å². The van der Waals surface area contributed by atoms with Crippen LogP contribution in [0.1, 0.15) is 62.8 Å². The number of carbonyl (C=O) groups excluding carboxylic acids is 4. The third-order valence-corrected chi connectivity index (χ3v) is 16.8. The Morgan fingerprint density at radius 1 is 0.638 bits per heavy atom. The summed E-state index contributed by atoms with van der Waals surface area (Å²) in [5.41, 5.74) is 8.16. The summed E-state index contributed by atoms with van der Waals surface area (Å²) in [4.78, 5) is 80.2. The van der Waals surface area contributed by atoms with E-state index >= 15 is 0 Å². The number of imidazole rings is 2. The summed E-state index contributed by atoms with van der Waals surface area (Å²) in [6, 6.07) is 21.4. The molecule has 356 valence electrons. The van der Waals surface area contributed by atoms with Crippen LogP contribution in [0.4, 0.5) is 9.59 Å². The summed E-state index contributed by atoms with van der Waals surface area (Å²) in [7, 11) is 2.65. The molecule has 8 aliphatic rings. The quantitative estimate of drug-likeness (QED) is 0.114. The zero-order chi connectivity index (χ0) is 46.8. The molecule has 0 spiro atoms. The van der Waals surface area contributed by atoms with Crippen molar-refractivity contribution in [2.75, 3.05) is 40.6 Å². The van der Waals surface area contributed by atoms with E-state index in [-0.39, 0.29) is 47.8 Å². The van der Waals surface area contributed by atoms with Crippen LogP contribution in [0.25, 0.3) is 55.4 Å². The van der Waals surface area contributed by atoms with E-state index in [1.807, 2.05) is 34.1 Å². The number of nitrogens with zero attached hydrogens (tertiary/aromatic N) is 5. The Hall–Kier alpha value is -6.59. The first kappa shape index (κ1) is 42.5. The summed E-state index contributed by atoms with van der Waals surface area (Å²) in [6.45, 7) is 4.44. The predicted molar refractivity (Wildman–Crippen MR) is 252 cm³/mol. The molecule has 3 aromatic heterocycles. The summed E-state index contributed by atoms with van der Waals surface area (Å²) in [5, 5.41) is 6.77. The molecule has 3 aliphatic carbocycles. The van der Waals surface area contributed by atoms with Crippen molar-refractivity contribution in [1.82, 2.24) is 45.4 Å². The molecule has 5 aliphatic heterocycles. The van der Waals surface area contributed by atoms with Crippen molar-refractivity contribution in [3.8, 4) is 22.4 Å². The van der Waals surface area contributed by atoms with Crippen LogP contribution in [-0.4, -0.2) is 124 Å². The number of H-pyrrole nitrogens is 2. The fraction of sp³-hybridized carbons (Fsp3) is 0.481. The van der Waals surface area contributed by atoms with Gasteiger partial charge in [0.2, 0.25) is 11.8 Å². The Morgan fingerprint density at radius 3 is 1.83 bits per heavy atom. The molecule has 69 heavy (non-hydrogen) atoms. The lowest BCUT2D eigenvalue weighted by atomic mass is 9.90. The molecule has 6 aromatic rings. The maximum absolute atomic E-state index is 14.5. The normalized spacial score (nSPS) is 28.8. The third kappa shape index (κ3) is 7.04. The number of hydrogen-bond donors (Lipinski definition) is 4. The molecule has 17 heteroatoms. The van der Waals surface area contributed by atoms with Crippen LogP contribution >= 0.6 is 0 Å². The van der Waals surface area contributed by atoms with Crippen molar-refractivity contribution >= 4 is 57.0 Å². The fourth-order valence-corrected chi connectivity index (χ4v) is 13.0. The highest BCUT2D eigenvalue weighted by Crippen LogP contribution is 2.81. The average molecular weight is 934 g/mol. The van der Waals surface area contributed by atoms with Gasteiger partial charge in [-0.2, -0.15) is 0 Å². The minimum Gasteiger partial charge on any atom is -0.453 e. The number of rotatable bonds is 10. The first-order chi connectivity index (χ1) is 33.7. The molecule has 14 rings (SSSR count). The number of nitrogens with one attached hydrogen (secondary N) is 4. The van der Waals surface area contributed by atoms with E-state index in [0.717, 1.165) is 73.4 Å². The summed E-state index contributed by atoms with van der Waals surface area (Å²) < 4.78 is 21.1. The molecule has 5 saturated heterocycles. The van der Waals surface area contributed by atoms with E-state index in [0.29, 0.717) is 81.7 Å². The molecule has 0 radical (unpaired) electrons. The topological polar surface area (TPSA) is 206 Å². The molecule has 17 nitrogen and oxygen atoms in total. The molecule has 8 heterocycles. The fourth-order valence-electron chi connectivity index (χ4n) is 13.0. The highest BCUT2D eigenvalue weighted by molar-refractivity contribution is 5.91. The first-order valence-electron chi connectivity index (χ1n) is 24.6. The molecule has 2 unspecified atom stereocenters. The van der Waals surface area contributed by atoms with Gasteiger partial charge in [-0.05, 0) is 127 Å². The summed E-state index contributed by atoms with van der Waals surface area (Å²) in [5.74, 6) is 3.51. The number of ether oxygens (including phenoxy) is 4. The van der Waals surface area contributed by atoms with Gasteiger partial charge in [0.15, 0.2) is 0 Å². The Kier molecular flexibility index (Phi) is 10.0. The van der Waals surface area contributed by atoms with Gasteiger partial charge in [-0.1, -0.05) is 31.2 Å². The van der Waals surface area contributed by atoms with Gasteiger partial charge in [0.05, 0.1) is 59.6 Å². The van der Waals surface area contributed by atoms with Crippen LogP contribution in [0.15, 0.2) is 66.7 Å². The van der Waals surface area contributed by atoms with Crippen molar-refractivity contribution in [3.63, 3.8) is 0 Å². The number of benzene rings is 3. The average Bonchev–Trinajstić information content (AvgIpc) is 4.10. The largest absolute Gasteiger partial charge is 0.453 e. The van der Waals surface area contributed by atoms with Gasteiger partial charge in [-0.3, -0.25) is 9.59 Å². The molecule has 3 saturated carbocycles. The van der Waals surface area contributed by atoms with Gasteiger partial charge < -0.3 is 49.3 Å². The van der Waals surface area contributed by atoms with E-state index in [2.05, 4.69) is 70.0 Å². The van der Waals surface area contributed by atoms with Gasteiger partial charge >= 0.3 is 12.2 Å². The lowest BCUT2D eigenvalue weighted by molar-refractivity contribution is -0.138. The van der Waals surface area contributed by atoms with E-state index in [1.54, 1.807) is 0 Å². The number of amides is 4. The number of pyridine rings is 1. The number of piperidine rings is 2. The summed E-state index contributed by atoms with van der Waals surface area (Å²) >= 11 is 0. The van der Waals surface area contributed by atoms with Crippen molar-refractivity contribution in [1.29, 1.82) is 0 Å². The standard InChI is InChI=1S/C52H55N9O8/c1-24-31-23-38(60(44(24)31)49(62)42(58-51(64)66-2)25-12-16-68-17-13-25)47-54-34-10-5-28(21-36(34)56-47)27-4-8-32-29(20-27)6-9-33(53-32)30-7-11-35-37(22-30)57-48(55-35)46-41-39-40(41)45(39)61(46)50(63)43(59-52(65)67-3)26-14-18-69-19-15-26/h4-11,20-22,24-26,31,38-46H,12-19,23H2,1-3H3,(H,54,56)(H,55,57)(H,58,64)(H,59,65)/t24-,31+,38+,39-,40?,41?,42+,43+,44-,45+,46+/m1/s1. The Bertz CT molecular complexity index is 3060. The third-order valence-electron chi connectivity index (χ3n) is 16.8. The second-order valence-corrected chi connectivity index (χ2v) is 20.4. The van der Waals surface area contributed by atoms with Crippen molar-refractivity contribution in [3.05, 3.63) is 78.4 Å². The van der Waals surface area contributed by atoms with E-state index in [1.165, 1.54) is 14.2 Å². The molecular formula is C52H55N9O8. The zero-order valence-electron chi connectivity index (χ0n) is 38.7. The number of aromatic nitrogens is 5. The Labute approximate surface area is 397 Å². The van der Waals surface area contributed by atoms with E-state index in [9.17, 15) is 19.2 Å². The lowest BCUT2D eigenvalue weighted by Gasteiger charge is -2.35. The number of alkyl carbamates (subject to hydrolysis) is 2. The maximum atomic E-state index is 14.5. The predicted octanol–water partition coefficient (Wildman–Crippen LogP) is 6.66. The van der Waals surface area contributed by atoms with Crippen molar-refractivity contribution < 1.29 is 38.1 Å². The Balaban J connectivity index is 0.732. The Morgan fingerprint density at radius 2 is 1.19 bits per heavy atom. The summed E-state index contributed by atoms with van der Waals surface area (Å²) in [6.07, 6.45) is 2.40. The SMILES string of the molecule is COC(=O)N[C@H](C(=O)N1[C@H](c2nc3ccc(-c4ccc5cc(-c6ccc7nc([C@@H]8C[C@H]9[C@@H](C)[C@H]9N8C(=O)[C@@H](NC(=O)OC)C8CCOCC8)[nH]c7c6)ccc5n4)cc3[nH]2)C2C3[C@H]2[C@@H]31)C1CCOCC1. The number of hydrogen-bond acceptors (Lipinski definition) is 11. The van der Waals surface area contributed by atoms with E-state index in [4.69, 9.17) is 33.9 Å². The molecule has 8 fully saturated rings. The van der Waals surface area contributed by atoms with Gasteiger partial charge in [0.25, 0.3) is 0 Å². The van der Waals surface area contributed by atoms with Gasteiger partial charge in [0, 0.05) is 49.5 Å². The van der Waals surface area contributed by atoms with E-state index < -0.39 is 24.3 Å². The zero-order valence-corrected chi connectivity index (χ0v) is 38.7. The van der Waals surface area contributed by atoms with Crippen LogP contribution in [0, 0.1) is 41.4 Å². The van der Waals surface area contributed by atoms with Crippen LogP contribution in [0.2, 0.25) is 0 Å². The number of aromatic amines is 2. The van der Waals surface area contributed by atoms with Crippen LogP contribution in [0.3, 0.4) is 0 Å². The molecular weight excluding hydrogens is 879 g/mol. The number of methoxy groups -OCH3 is 2. The maximum Gasteiger partial charge on any atom is 0.407 e. The molecule has 4 N–H and O–H groups in total. The monoisotopic (exact) mass is 933 g/mol. The van der Waals surface area contributed by atoms with Crippen LogP contribution in [0.5, 0.6) is 0 Å².